The maximum Gasteiger partial charge on any atom is 0.346 e. The Balaban J connectivity index is 4.32. The lowest BCUT2D eigenvalue weighted by Crippen LogP contribution is -2.45. The molecular weight excluding hydrogens is 464 g/mol. The largest absolute Gasteiger partial charge is 0.478 e. The molecule has 208 valence electrons. The van der Waals surface area contributed by atoms with Crippen LogP contribution < -0.4 is 0 Å². The Morgan fingerprint density at radius 2 is 0.714 bits per heavy atom. The summed E-state index contributed by atoms with van der Waals surface area (Å²) in [6, 6.07) is 0. The summed E-state index contributed by atoms with van der Waals surface area (Å²) < 4.78 is 0. The van der Waals surface area contributed by atoms with Crippen LogP contribution >= 0.6 is 11.8 Å². The predicted molar refractivity (Wildman–Crippen MR) is 146 cm³/mol. The van der Waals surface area contributed by atoms with Crippen molar-refractivity contribution < 1.29 is 30.0 Å². The van der Waals surface area contributed by atoms with Crippen molar-refractivity contribution in [3.05, 3.63) is 0 Å². The van der Waals surface area contributed by atoms with Gasteiger partial charge in [-0.3, -0.25) is 0 Å². The summed E-state index contributed by atoms with van der Waals surface area (Å²) in [5.74, 6) is -2.97. The molecule has 7 heteroatoms. The first-order chi connectivity index (χ1) is 16.7. The van der Waals surface area contributed by atoms with Gasteiger partial charge in [0.05, 0.1) is 0 Å². The molecule has 0 aromatic heterocycles. The highest BCUT2D eigenvalue weighted by atomic mass is 32.2. The maximum atomic E-state index is 11.8. The third-order valence-electron chi connectivity index (χ3n) is 6.74. The average Bonchev–Trinajstić information content (AvgIpc) is 2.81. The monoisotopic (exact) mass is 518 g/mol. The molecule has 0 aliphatic heterocycles. The van der Waals surface area contributed by atoms with Crippen molar-refractivity contribution in [2.45, 2.75) is 165 Å². The van der Waals surface area contributed by atoms with Gasteiger partial charge in [0.15, 0.2) is 0 Å². The van der Waals surface area contributed by atoms with Gasteiger partial charge in [-0.05, 0) is 25.7 Å². The first kappa shape index (κ1) is 34.2. The van der Waals surface area contributed by atoms with Crippen molar-refractivity contribution in [1.29, 1.82) is 0 Å². The molecule has 0 amide bonds. The lowest BCUT2D eigenvalue weighted by atomic mass is 10.0. The summed E-state index contributed by atoms with van der Waals surface area (Å²) in [5, 5.41) is 40.6. The van der Waals surface area contributed by atoms with Crippen LogP contribution in [0.2, 0.25) is 0 Å². The van der Waals surface area contributed by atoms with Crippen molar-refractivity contribution in [3.63, 3.8) is 0 Å². The third kappa shape index (κ3) is 17.3. The first-order valence-electron chi connectivity index (χ1n) is 14.3. The molecule has 6 nitrogen and oxygen atoms in total. The highest BCUT2D eigenvalue weighted by molar-refractivity contribution is 8.03. The van der Waals surface area contributed by atoms with Crippen molar-refractivity contribution in [2.24, 2.45) is 0 Å². The van der Waals surface area contributed by atoms with E-state index in [9.17, 15) is 30.0 Å². The summed E-state index contributed by atoms with van der Waals surface area (Å²) in [6.07, 6.45) is 21.4. The van der Waals surface area contributed by atoms with Crippen LogP contribution in [0.5, 0.6) is 0 Å². The number of unbranched alkanes of at least 4 members (excludes halogenated alkanes) is 18. The fourth-order valence-electron chi connectivity index (χ4n) is 4.39. The van der Waals surface area contributed by atoms with E-state index in [1.807, 2.05) is 0 Å². The van der Waals surface area contributed by atoms with E-state index >= 15 is 0 Å². The van der Waals surface area contributed by atoms with Crippen LogP contribution in [0.1, 0.15) is 155 Å². The van der Waals surface area contributed by atoms with Gasteiger partial charge in [-0.25, -0.2) is 9.59 Å². The number of rotatable bonds is 26. The summed E-state index contributed by atoms with van der Waals surface area (Å²) in [7, 11) is 0. The molecule has 0 aliphatic carbocycles. The quantitative estimate of drug-likeness (QED) is 0.0679. The molecule has 35 heavy (non-hydrogen) atoms. The zero-order chi connectivity index (χ0) is 26.4. The molecule has 0 bridgehead atoms. The number of carboxylic acid groups (broad SMARTS) is 2. The Bertz CT molecular complexity index is 498. The van der Waals surface area contributed by atoms with Crippen LogP contribution in [0.25, 0.3) is 0 Å². The van der Waals surface area contributed by atoms with Crippen molar-refractivity contribution >= 4 is 23.7 Å². The van der Waals surface area contributed by atoms with Crippen LogP contribution in [0, 0.1) is 0 Å². The van der Waals surface area contributed by atoms with Gasteiger partial charge in [0.2, 0.25) is 9.87 Å². The minimum absolute atomic E-state index is 0.0723. The number of hydrogen-bond donors (Lipinski definition) is 4. The second-order valence-electron chi connectivity index (χ2n) is 10.1. The van der Waals surface area contributed by atoms with Crippen LogP contribution in [0.15, 0.2) is 0 Å². The molecule has 0 heterocycles. The molecule has 0 aromatic carbocycles. The molecule has 0 saturated heterocycles. The lowest BCUT2D eigenvalue weighted by Gasteiger charge is -2.31. The van der Waals surface area contributed by atoms with Crippen LogP contribution in [-0.4, -0.2) is 42.2 Å². The molecule has 2 unspecified atom stereocenters. The van der Waals surface area contributed by atoms with Gasteiger partial charge in [-0.1, -0.05) is 141 Å². The Hall–Kier alpha value is -0.790. The Morgan fingerprint density at radius 1 is 0.486 bits per heavy atom. The number of carboxylic acids is 2. The van der Waals surface area contributed by atoms with Crippen molar-refractivity contribution in [3.8, 4) is 0 Å². The van der Waals surface area contributed by atoms with Gasteiger partial charge >= 0.3 is 11.9 Å². The zero-order valence-electron chi connectivity index (χ0n) is 22.6. The molecule has 4 N–H and O–H groups in total. The predicted octanol–water partition coefficient (Wildman–Crippen LogP) is 7.89. The van der Waals surface area contributed by atoms with E-state index in [-0.39, 0.29) is 24.6 Å². The smallest absolute Gasteiger partial charge is 0.346 e. The lowest BCUT2D eigenvalue weighted by molar-refractivity contribution is -0.152. The minimum atomic E-state index is -2.30. The van der Waals surface area contributed by atoms with E-state index in [4.69, 9.17) is 0 Å². The molecule has 0 fully saturated rings. The van der Waals surface area contributed by atoms with E-state index in [1.165, 1.54) is 77.0 Å². The normalized spacial score (nSPS) is 15.0. The number of carbonyl (C=O) groups is 2. The fraction of sp³-hybridized carbons (Fsp3) is 0.929. The van der Waals surface area contributed by atoms with Gasteiger partial charge in [-0.15, -0.1) is 0 Å². The number of hydrogen-bond acceptors (Lipinski definition) is 5. The van der Waals surface area contributed by atoms with E-state index < -0.39 is 21.8 Å². The Kier molecular flexibility index (Phi) is 20.8. The molecule has 0 rings (SSSR count). The maximum absolute atomic E-state index is 11.8. The Morgan fingerprint density at radius 3 is 0.943 bits per heavy atom. The summed E-state index contributed by atoms with van der Waals surface area (Å²) in [4.78, 5) is 19.0. The van der Waals surface area contributed by atoms with Crippen molar-refractivity contribution in [2.75, 3.05) is 0 Å². The highest BCUT2D eigenvalue weighted by Crippen LogP contribution is 2.41. The van der Waals surface area contributed by atoms with E-state index in [2.05, 4.69) is 13.8 Å². The molecule has 2 atom stereocenters. The van der Waals surface area contributed by atoms with E-state index in [0.717, 1.165) is 38.5 Å². The molecule has 0 aromatic rings. The van der Waals surface area contributed by atoms with Crippen LogP contribution in [-0.2, 0) is 9.59 Å². The van der Waals surface area contributed by atoms with Crippen LogP contribution in [0.4, 0.5) is 0 Å². The molecule has 0 radical (unpaired) electrons. The zero-order valence-corrected chi connectivity index (χ0v) is 23.4. The van der Waals surface area contributed by atoms with E-state index in [0.29, 0.717) is 12.8 Å². The second kappa shape index (κ2) is 21.3. The van der Waals surface area contributed by atoms with Crippen molar-refractivity contribution in [1.82, 2.24) is 0 Å². The van der Waals surface area contributed by atoms with Gasteiger partial charge in [0.1, 0.15) is 0 Å². The topological polar surface area (TPSA) is 115 Å². The van der Waals surface area contributed by atoms with Gasteiger partial charge in [-0.2, -0.15) is 0 Å². The average molecular weight is 519 g/mol. The highest BCUT2D eigenvalue weighted by Gasteiger charge is 2.48. The molecule has 0 aliphatic rings. The SMILES string of the molecule is CCCCCCCCCCCCC(O)(SC(O)(CCCCCCCCCCCC)C(=O)O)C(=O)O. The standard InChI is InChI=1S/C28H54O6S/c1-3-5-7-9-11-13-15-17-19-21-23-27(33,25(29)30)35-28(34,26(31)32)24-22-20-18-16-14-12-10-8-6-4-2/h33-34H,3-24H2,1-2H3,(H,29,30)(H,31,32). The summed E-state index contributed by atoms with van der Waals surface area (Å²) >= 11 is 0.282. The molecule has 0 saturated carbocycles. The number of aliphatic carboxylic acids is 2. The summed E-state index contributed by atoms with van der Waals surface area (Å²) in [5.41, 5.74) is 0. The molecular formula is C28H54O6S. The third-order valence-corrected chi connectivity index (χ3v) is 8.18. The summed E-state index contributed by atoms with van der Waals surface area (Å²) in [6.45, 7) is 4.40. The van der Waals surface area contributed by atoms with E-state index in [1.54, 1.807) is 0 Å². The number of aliphatic hydroxyl groups is 2. The van der Waals surface area contributed by atoms with Gasteiger partial charge in [0.25, 0.3) is 0 Å². The number of thioether (sulfide) groups is 1. The Labute approximate surface area is 218 Å². The first-order valence-corrected chi connectivity index (χ1v) is 15.1. The van der Waals surface area contributed by atoms with Crippen LogP contribution in [0.3, 0.4) is 0 Å². The fourth-order valence-corrected chi connectivity index (χ4v) is 5.61. The van der Waals surface area contributed by atoms with Gasteiger partial charge in [0, 0.05) is 0 Å². The second-order valence-corrected chi connectivity index (χ2v) is 11.7. The minimum Gasteiger partial charge on any atom is -0.478 e. The molecule has 0 spiro atoms. The van der Waals surface area contributed by atoms with Gasteiger partial charge < -0.3 is 20.4 Å².